The summed E-state index contributed by atoms with van der Waals surface area (Å²) in [5.74, 6) is -1.32. The zero-order valence-electron chi connectivity index (χ0n) is 18.5. The molecule has 0 unspecified atom stereocenters. The average Bonchev–Trinajstić information content (AvgIpc) is 2.86. The molecule has 1 aliphatic heterocycles. The number of piperazine rings is 1. The third-order valence-corrected chi connectivity index (χ3v) is 6.66. The summed E-state index contributed by atoms with van der Waals surface area (Å²) >= 11 is 0. The van der Waals surface area contributed by atoms with Crippen LogP contribution in [0.2, 0.25) is 0 Å². The number of hydrogen-bond acceptors (Lipinski definition) is 9. The number of benzene rings is 2. The SMILES string of the molecule is CNc1ccc(S(=O)(=O)NCC(=O)OCC(=O)N2CCN(c3ccccc3)CC2)cc1[N+](=O)[O-]. The molecule has 2 N–H and O–H groups in total. The number of esters is 1. The van der Waals surface area contributed by atoms with E-state index in [9.17, 15) is 28.1 Å². The number of ether oxygens (including phenoxy) is 1. The predicted molar refractivity (Wildman–Crippen MR) is 124 cm³/mol. The van der Waals surface area contributed by atoms with E-state index >= 15 is 0 Å². The Labute approximate surface area is 196 Å². The van der Waals surface area contributed by atoms with Crippen LogP contribution < -0.4 is 14.9 Å². The van der Waals surface area contributed by atoms with E-state index in [1.54, 1.807) is 4.90 Å². The second-order valence-corrected chi connectivity index (χ2v) is 9.14. The standard InChI is InChI=1S/C21H25N5O7S/c1-22-18-8-7-17(13-19(18)26(29)30)34(31,32)23-14-21(28)33-15-20(27)25-11-9-24(10-12-25)16-5-3-2-4-6-16/h2-8,13,22-23H,9-12,14-15H2,1H3. The Bertz CT molecular complexity index is 1150. The van der Waals surface area contributed by atoms with Crippen LogP contribution >= 0.6 is 0 Å². The number of carbonyl (C=O) groups excluding carboxylic acids is 2. The highest BCUT2D eigenvalue weighted by Gasteiger charge is 2.24. The van der Waals surface area contributed by atoms with Crippen molar-refractivity contribution >= 4 is 39.0 Å². The van der Waals surface area contributed by atoms with Gasteiger partial charge in [0.15, 0.2) is 6.61 Å². The van der Waals surface area contributed by atoms with Crippen LogP contribution in [0.15, 0.2) is 53.4 Å². The van der Waals surface area contributed by atoms with Crippen molar-refractivity contribution in [2.45, 2.75) is 4.90 Å². The molecular formula is C21H25N5O7S. The molecule has 1 aliphatic rings. The number of rotatable bonds is 9. The molecule has 0 bridgehead atoms. The fraction of sp³-hybridized carbons (Fsp3) is 0.333. The van der Waals surface area contributed by atoms with E-state index in [1.807, 2.05) is 35.1 Å². The summed E-state index contributed by atoms with van der Waals surface area (Å²) in [6, 6.07) is 13.1. The van der Waals surface area contributed by atoms with Crippen molar-refractivity contribution in [3.05, 3.63) is 58.6 Å². The minimum atomic E-state index is -4.21. The van der Waals surface area contributed by atoms with E-state index in [2.05, 4.69) is 10.2 Å². The maximum absolute atomic E-state index is 12.4. The van der Waals surface area contributed by atoms with Crippen LogP contribution in [0, 0.1) is 10.1 Å². The van der Waals surface area contributed by atoms with Gasteiger partial charge in [0.05, 0.1) is 9.82 Å². The molecule has 0 aliphatic carbocycles. The summed E-state index contributed by atoms with van der Waals surface area (Å²) in [4.78, 5) is 38.1. The highest BCUT2D eigenvalue weighted by Crippen LogP contribution is 2.27. The van der Waals surface area contributed by atoms with Crippen molar-refractivity contribution in [1.82, 2.24) is 9.62 Å². The topological polar surface area (TPSA) is 151 Å². The maximum atomic E-state index is 12.4. The zero-order chi connectivity index (χ0) is 24.7. The third kappa shape index (κ3) is 6.20. The second kappa shape index (κ2) is 10.9. The maximum Gasteiger partial charge on any atom is 0.321 e. The van der Waals surface area contributed by atoms with E-state index in [4.69, 9.17) is 4.74 Å². The minimum Gasteiger partial charge on any atom is -0.455 e. The lowest BCUT2D eigenvalue weighted by Crippen LogP contribution is -2.50. The molecule has 0 radical (unpaired) electrons. The van der Waals surface area contributed by atoms with Crippen LogP contribution in [-0.2, 0) is 24.3 Å². The van der Waals surface area contributed by atoms with Crippen molar-refractivity contribution in [1.29, 1.82) is 0 Å². The molecule has 182 valence electrons. The van der Waals surface area contributed by atoms with Gasteiger partial charge < -0.3 is 19.9 Å². The molecule has 1 saturated heterocycles. The van der Waals surface area contributed by atoms with Crippen molar-refractivity contribution in [3.63, 3.8) is 0 Å². The van der Waals surface area contributed by atoms with Crippen molar-refractivity contribution in [3.8, 4) is 0 Å². The first-order chi connectivity index (χ1) is 16.2. The lowest BCUT2D eigenvalue weighted by atomic mass is 10.2. The minimum absolute atomic E-state index is 0.145. The average molecular weight is 492 g/mol. The number of carbonyl (C=O) groups is 2. The summed E-state index contributed by atoms with van der Waals surface area (Å²) in [5.41, 5.74) is 0.789. The van der Waals surface area contributed by atoms with Gasteiger partial charge in [0.1, 0.15) is 12.2 Å². The second-order valence-electron chi connectivity index (χ2n) is 7.37. The Morgan fingerprint density at radius 1 is 1.09 bits per heavy atom. The fourth-order valence-corrected chi connectivity index (χ4v) is 4.40. The van der Waals surface area contributed by atoms with Crippen molar-refractivity contribution < 1.29 is 27.7 Å². The summed E-state index contributed by atoms with van der Waals surface area (Å²) in [7, 11) is -2.74. The largest absolute Gasteiger partial charge is 0.455 e. The Balaban J connectivity index is 1.46. The first-order valence-corrected chi connectivity index (χ1v) is 11.9. The highest BCUT2D eigenvalue weighted by molar-refractivity contribution is 7.89. The number of nitro benzene ring substituents is 1. The molecular weight excluding hydrogens is 466 g/mol. The number of nitro groups is 1. The van der Waals surface area contributed by atoms with E-state index in [0.29, 0.717) is 26.2 Å². The zero-order valence-corrected chi connectivity index (χ0v) is 19.3. The molecule has 1 fully saturated rings. The van der Waals surface area contributed by atoms with Crippen LogP contribution in [0.3, 0.4) is 0 Å². The summed E-state index contributed by atoms with van der Waals surface area (Å²) in [6.45, 7) is 0.996. The number of amides is 1. The Hall–Kier alpha value is -3.71. The van der Waals surface area contributed by atoms with Crippen molar-refractivity contribution in [2.75, 3.05) is 56.6 Å². The van der Waals surface area contributed by atoms with Gasteiger partial charge in [-0.2, -0.15) is 4.72 Å². The molecule has 34 heavy (non-hydrogen) atoms. The molecule has 0 spiro atoms. The van der Waals surface area contributed by atoms with Crippen LogP contribution in [0.1, 0.15) is 0 Å². The molecule has 12 nitrogen and oxygen atoms in total. The number of nitrogens with zero attached hydrogens (tertiary/aromatic N) is 3. The monoisotopic (exact) mass is 491 g/mol. The first-order valence-electron chi connectivity index (χ1n) is 10.4. The summed E-state index contributed by atoms with van der Waals surface area (Å²) in [6.07, 6.45) is 0. The number of nitrogens with one attached hydrogen (secondary N) is 2. The molecule has 0 aromatic heterocycles. The van der Waals surface area contributed by atoms with Gasteiger partial charge in [-0.25, -0.2) is 8.42 Å². The van der Waals surface area contributed by atoms with Gasteiger partial charge in [0.25, 0.3) is 11.6 Å². The van der Waals surface area contributed by atoms with Gasteiger partial charge >= 0.3 is 5.97 Å². The van der Waals surface area contributed by atoms with E-state index in [1.165, 1.54) is 19.2 Å². The van der Waals surface area contributed by atoms with Gasteiger partial charge in [-0.15, -0.1) is 0 Å². The van der Waals surface area contributed by atoms with E-state index in [0.717, 1.165) is 11.8 Å². The van der Waals surface area contributed by atoms with E-state index < -0.39 is 39.8 Å². The fourth-order valence-electron chi connectivity index (χ4n) is 3.42. The van der Waals surface area contributed by atoms with Gasteiger partial charge in [0, 0.05) is 45.0 Å². The number of anilines is 2. The van der Waals surface area contributed by atoms with Gasteiger partial charge in [0.2, 0.25) is 10.0 Å². The van der Waals surface area contributed by atoms with Crippen LogP contribution in [0.4, 0.5) is 17.1 Å². The number of sulfonamides is 1. The van der Waals surface area contributed by atoms with Crippen LogP contribution in [0.25, 0.3) is 0 Å². The highest BCUT2D eigenvalue weighted by atomic mass is 32.2. The molecule has 1 heterocycles. The Morgan fingerprint density at radius 3 is 2.38 bits per heavy atom. The lowest BCUT2D eigenvalue weighted by molar-refractivity contribution is -0.384. The lowest BCUT2D eigenvalue weighted by Gasteiger charge is -2.36. The van der Waals surface area contributed by atoms with Gasteiger partial charge in [-0.3, -0.25) is 19.7 Å². The Morgan fingerprint density at radius 2 is 1.76 bits per heavy atom. The molecule has 1 amide bonds. The molecule has 2 aromatic carbocycles. The first kappa shape index (κ1) is 24.9. The predicted octanol–water partition coefficient (Wildman–Crippen LogP) is 0.807. The van der Waals surface area contributed by atoms with Crippen LogP contribution in [0.5, 0.6) is 0 Å². The van der Waals surface area contributed by atoms with Gasteiger partial charge in [-0.1, -0.05) is 18.2 Å². The summed E-state index contributed by atoms with van der Waals surface area (Å²) < 4.78 is 31.7. The number of para-hydroxylation sites is 1. The molecule has 0 atom stereocenters. The smallest absolute Gasteiger partial charge is 0.321 e. The molecule has 3 rings (SSSR count). The molecule has 2 aromatic rings. The quantitative estimate of drug-likeness (QED) is 0.295. The normalized spacial score (nSPS) is 13.9. The van der Waals surface area contributed by atoms with Crippen molar-refractivity contribution in [2.24, 2.45) is 0 Å². The molecule has 0 saturated carbocycles. The molecule has 13 heteroatoms. The van der Waals surface area contributed by atoms with Crippen LogP contribution in [-0.4, -0.2) is 76.5 Å². The van der Waals surface area contributed by atoms with Gasteiger partial charge in [-0.05, 0) is 24.3 Å². The summed E-state index contributed by atoms with van der Waals surface area (Å²) in [5, 5.41) is 13.7. The number of hydrogen-bond donors (Lipinski definition) is 2. The third-order valence-electron chi connectivity index (χ3n) is 5.26. The van der Waals surface area contributed by atoms with E-state index in [-0.39, 0.29) is 16.5 Å². The Kier molecular flexibility index (Phi) is 8.02.